The number of hydrogen-bond acceptors (Lipinski definition) is 5. The number of primary amides is 1. The number of nitriles is 1. The van der Waals surface area contributed by atoms with Crippen LogP contribution in [0, 0.1) is 16.7 Å². The lowest BCUT2D eigenvalue weighted by molar-refractivity contribution is -0.125. The zero-order valence-electron chi connectivity index (χ0n) is 8.87. The molecule has 1 aromatic rings. The smallest absolute Gasteiger partial charge is 0.224 e. The fourth-order valence-electron chi connectivity index (χ4n) is 0.830. The monoisotopic (exact) mass is 258 g/mol. The number of rotatable bonds is 4. The second-order valence-corrected chi connectivity index (χ2v) is 5.21. The number of thiazole rings is 1. The van der Waals surface area contributed by atoms with Gasteiger partial charge in [0.1, 0.15) is 10.9 Å². The van der Waals surface area contributed by atoms with Crippen LogP contribution in [-0.2, 0) is 4.79 Å². The maximum atomic E-state index is 11.1. The van der Waals surface area contributed by atoms with Gasteiger partial charge < -0.3 is 11.1 Å². The van der Waals surface area contributed by atoms with Crippen LogP contribution < -0.4 is 11.1 Å². The van der Waals surface area contributed by atoms with Crippen molar-refractivity contribution in [2.75, 3.05) is 11.9 Å². The predicted octanol–water partition coefficient (Wildman–Crippen LogP) is 1.59. The molecule has 0 aliphatic heterocycles. The highest BCUT2D eigenvalue weighted by Gasteiger charge is 2.25. The Labute approximate surface area is 102 Å². The molecule has 1 amide bonds. The largest absolute Gasteiger partial charge is 0.369 e. The lowest BCUT2D eigenvalue weighted by Gasteiger charge is -2.20. The molecule has 0 radical (unpaired) electrons. The number of anilines is 1. The summed E-state index contributed by atoms with van der Waals surface area (Å²) in [7, 11) is 0. The molecule has 0 aliphatic carbocycles. The normalized spacial score (nSPS) is 10.9. The molecule has 5 nitrogen and oxygen atoms in total. The van der Waals surface area contributed by atoms with E-state index in [1.807, 2.05) is 6.07 Å². The molecule has 0 aliphatic rings. The van der Waals surface area contributed by atoms with E-state index in [9.17, 15) is 4.79 Å². The Morgan fingerprint density at radius 1 is 1.75 bits per heavy atom. The highest BCUT2D eigenvalue weighted by Crippen LogP contribution is 2.26. The Bertz CT molecular complexity index is 449. The van der Waals surface area contributed by atoms with Crippen molar-refractivity contribution in [2.24, 2.45) is 11.1 Å². The third-order valence-electron chi connectivity index (χ3n) is 2.04. The summed E-state index contributed by atoms with van der Waals surface area (Å²) < 4.78 is 0. The van der Waals surface area contributed by atoms with Crippen molar-refractivity contribution in [3.63, 3.8) is 0 Å². The minimum absolute atomic E-state index is 0.173. The van der Waals surface area contributed by atoms with Crippen LogP contribution in [0.5, 0.6) is 0 Å². The van der Waals surface area contributed by atoms with Crippen molar-refractivity contribution < 1.29 is 4.79 Å². The quantitative estimate of drug-likeness (QED) is 0.858. The van der Waals surface area contributed by atoms with E-state index >= 15 is 0 Å². The molecule has 0 saturated carbocycles. The molecule has 7 heteroatoms. The zero-order valence-corrected chi connectivity index (χ0v) is 10.4. The van der Waals surface area contributed by atoms with Gasteiger partial charge in [0.05, 0.1) is 5.41 Å². The van der Waals surface area contributed by atoms with Crippen LogP contribution in [0.2, 0.25) is 5.15 Å². The van der Waals surface area contributed by atoms with Gasteiger partial charge >= 0.3 is 0 Å². The van der Waals surface area contributed by atoms with Crippen molar-refractivity contribution >= 4 is 34.0 Å². The SMILES string of the molecule is CC(C)(CNc1nc(Cl)c(C#N)s1)C(N)=O. The molecule has 0 unspecified atom stereocenters. The molecule has 0 spiro atoms. The highest BCUT2D eigenvalue weighted by molar-refractivity contribution is 7.16. The molecule has 16 heavy (non-hydrogen) atoms. The number of nitrogens with one attached hydrogen (secondary N) is 1. The zero-order chi connectivity index (χ0) is 12.3. The van der Waals surface area contributed by atoms with E-state index in [1.165, 1.54) is 0 Å². The molecule has 0 saturated heterocycles. The summed E-state index contributed by atoms with van der Waals surface area (Å²) in [6.45, 7) is 3.79. The molecule has 1 aromatic heterocycles. The van der Waals surface area contributed by atoms with Crippen molar-refractivity contribution in [3.8, 4) is 6.07 Å². The summed E-state index contributed by atoms with van der Waals surface area (Å²) in [6.07, 6.45) is 0. The highest BCUT2D eigenvalue weighted by atomic mass is 35.5. The van der Waals surface area contributed by atoms with Crippen molar-refractivity contribution in [3.05, 3.63) is 10.0 Å². The predicted molar refractivity (Wildman–Crippen MR) is 63.3 cm³/mol. The molecule has 3 N–H and O–H groups in total. The van der Waals surface area contributed by atoms with Gasteiger partial charge in [-0.2, -0.15) is 5.26 Å². The van der Waals surface area contributed by atoms with Crippen molar-refractivity contribution in [2.45, 2.75) is 13.8 Å². The van der Waals surface area contributed by atoms with E-state index in [4.69, 9.17) is 22.6 Å². The van der Waals surface area contributed by atoms with E-state index in [-0.39, 0.29) is 5.15 Å². The molecular weight excluding hydrogens is 248 g/mol. The van der Waals surface area contributed by atoms with E-state index < -0.39 is 11.3 Å². The molecule has 0 aromatic carbocycles. The van der Waals surface area contributed by atoms with Gasteiger partial charge in [0.15, 0.2) is 10.3 Å². The summed E-state index contributed by atoms with van der Waals surface area (Å²) in [5.41, 5.74) is 4.55. The van der Waals surface area contributed by atoms with Crippen LogP contribution >= 0.6 is 22.9 Å². The summed E-state index contributed by atoms with van der Waals surface area (Å²) in [6, 6.07) is 1.93. The Morgan fingerprint density at radius 3 is 2.81 bits per heavy atom. The first-order valence-electron chi connectivity index (χ1n) is 4.47. The number of nitrogens with two attached hydrogens (primary N) is 1. The second-order valence-electron chi connectivity index (χ2n) is 3.85. The Morgan fingerprint density at radius 2 is 2.38 bits per heavy atom. The number of halogens is 1. The molecule has 0 bridgehead atoms. The Balaban J connectivity index is 2.69. The van der Waals surface area contributed by atoms with E-state index in [0.29, 0.717) is 16.6 Å². The average Bonchev–Trinajstić information content (AvgIpc) is 2.56. The van der Waals surface area contributed by atoms with Crippen LogP contribution in [0.4, 0.5) is 5.13 Å². The summed E-state index contributed by atoms with van der Waals surface area (Å²) in [5.74, 6) is -0.400. The lowest BCUT2D eigenvalue weighted by Crippen LogP contribution is -2.37. The first-order chi connectivity index (χ1) is 7.36. The number of aromatic nitrogens is 1. The fourth-order valence-corrected chi connectivity index (χ4v) is 1.77. The van der Waals surface area contributed by atoms with Crippen LogP contribution in [0.15, 0.2) is 0 Å². The van der Waals surface area contributed by atoms with Gasteiger partial charge in [-0.1, -0.05) is 22.9 Å². The number of amides is 1. The Kier molecular flexibility index (Phi) is 3.73. The minimum Gasteiger partial charge on any atom is -0.369 e. The maximum absolute atomic E-state index is 11.1. The molecule has 1 rings (SSSR count). The molecule has 0 fully saturated rings. The third kappa shape index (κ3) is 2.84. The van der Waals surface area contributed by atoms with Gasteiger partial charge in [0.25, 0.3) is 0 Å². The van der Waals surface area contributed by atoms with E-state index in [2.05, 4.69) is 10.3 Å². The van der Waals surface area contributed by atoms with Gasteiger partial charge in [-0.15, -0.1) is 0 Å². The molecule has 0 atom stereocenters. The van der Waals surface area contributed by atoms with Gasteiger partial charge in [0.2, 0.25) is 5.91 Å². The number of nitrogens with zero attached hydrogens (tertiary/aromatic N) is 2. The van der Waals surface area contributed by atoms with Crippen LogP contribution in [0.25, 0.3) is 0 Å². The minimum atomic E-state index is -0.676. The topological polar surface area (TPSA) is 91.8 Å². The first kappa shape index (κ1) is 12.7. The van der Waals surface area contributed by atoms with Crippen LogP contribution in [0.1, 0.15) is 18.7 Å². The van der Waals surface area contributed by atoms with Crippen LogP contribution in [0.3, 0.4) is 0 Å². The first-order valence-corrected chi connectivity index (χ1v) is 5.66. The average molecular weight is 259 g/mol. The standard InChI is InChI=1S/C9H11ClN4OS/c1-9(2,7(12)15)4-13-8-14-6(10)5(3-11)16-8/h4H2,1-2H3,(H2,12,15)(H,13,14). The molecule has 1 heterocycles. The molecular formula is C9H11ClN4OS. The maximum Gasteiger partial charge on any atom is 0.224 e. The summed E-state index contributed by atoms with van der Waals surface area (Å²) in [5, 5.41) is 12.3. The van der Waals surface area contributed by atoms with Crippen LogP contribution in [-0.4, -0.2) is 17.4 Å². The van der Waals surface area contributed by atoms with Crippen molar-refractivity contribution in [1.29, 1.82) is 5.26 Å². The molecule has 86 valence electrons. The summed E-state index contributed by atoms with van der Waals surface area (Å²) in [4.78, 5) is 15.3. The van der Waals surface area contributed by atoms with Gasteiger partial charge in [0, 0.05) is 6.54 Å². The number of carbonyl (C=O) groups is 1. The Hall–Kier alpha value is -1.32. The van der Waals surface area contributed by atoms with E-state index in [1.54, 1.807) is 13.8 Å². The van der Waals surface area contributed by atoms with E-state index in [0.717, 1.165) is 11.3 Å². The van der Waals surface area contributed by atoms with Gasteiger partial charge in [-0.25, -0.2) is 4.98 Å². The number of hydrogen-bond donors (Lipinski definition) is 2. The van der Waals surface area contributed by atoms with Crippen molar-refractivity contribution in [1.82, 2.24) is 4.98 Å². The van der Waals surface area contributed by atoms with Gasteiger partial charge in [-0.05, 0) is 13.8 Å². The van der Waals surface area contributed by atoms with Gasteiger partial charge in [-0.3, -0.25) is 4.79 Å². The number of carbonyl (C=O) groups excluding carboxylic acids is 1. The lowest BCUT2D eigenvalue weighted by atomic mass is 9.93. The fraction of sp³-hybridized carbons (Fsp3) is 0.444. The second kappa shape index (κ2) is 4.68. The third-order valence-corrected chi connectivity index (χ3v) is 3.34. The summed E-state index contributed by atoms with van der Waals surface area (Å²) >= 11 is 6.85.